The van der Waals surface area contributed by atoms with Gasteiger partial charge in [0.1, 0.15) is 11.9 Å². The predicted molar refractivity (Wildman–Crippen MR) is 87.7 cm³/mol. The van der Waals surface area contributed by atoms with E-state index in [4.69, 9.17) is 27.9 Å². The van der Waals surface area contributed by atoms with Gasteiger partial charge in [0.05, 0.1) is 10.0 Å². The van der Waals surface area contributed by atoms with Crippen LogP contribution in [0.2, 0.25) is 10.0 Å². The summed E-state index contributed by atoms with van der Waals surface area (Å²) in [6, 6.07) is 9.70. The van der Waals surface area contributed by atoms with Crippen LogP contribution in [0.5, 0.6) is 5.75 Å². The summed E-state index contributed by atoms with van der Waals surface area (Å²) in [5.41, 5.74) is 0. The Balaban J connectivity index is 0.00000147. The van der Waals surface area contributed by atoms with E-state index in [0.29, 0.717) is 10.0 Å². The fraction of sp³-hybridized carbons (Fsp3) is 0.333. The average Bonchev–Trinajstić information content (AvgIpc) is 2.45. The maximum absolute atomic E-state index is 6.30. The van der Waals surface area contributed by atoms with Gasteiger partial charge >= 0.3 is 0 Å². The van der Waals surface area contributed by atoms with E-state index in [1.54, 1.807) is 6.07 Å². The monoisotopic (exact) mass is 331 g/mol. The quantitative estimate of drug-likeness (QED) is 0.860. The first-order valence-corrected chi connectivity index (χ1v) is 7.25. The van der Waals surface area contributed by atoms with E-state index in [1.165, 1.54) is 0 Å². The van der Waals surface area contributed by atoms with Crippen LogP contribution >= 0.6 is 35.6 Å². The molecule has 2 nitrogen and oxygen atoms in total. The van der Waals surface area contributed by atoms with Crippen molar-refractivity contribution >= 4 is 46.4 Å². The van der Waals surface area contributed by atoms with Crippen molar-refractivity contribution < 1.29 is 4.74 Å². The first-order valence-electron chi connectivity index (χ1n) is 6.50. The Morgan fingerprint density at radius 3 is 2.35 bits per heavy atom. The van der Waals surface area contributed by atoms with Crippen LogP contribution in [0.25, 0.3) is 10.8 Å². The second-order valence-corrected chi connectivity index (χ2v) is 5.60. The normalized spacial score (nSPS) is 15.9. The molecular formula is C15H16Cl3NO. The Hall–Kier alpha value is -0.670. The smallest absolute Gasteiger partial charge is 0.146 e. The van der Waals surface area contributed by atoms with Crippen LogP contribution in [0.4, 0.5) is 0 Å². The largest absolute Gasteiger partial charge is 0.488 e. The van der Waals surface area contributed by atoms with Crippen molar-refractivity contribution in [3.63, 3.8) is 0 Å². The molecular weight excluding hydrogens is 317 g/mol. The summed E-state index contributed by atoms with van der Waals surface area (Å²) in [4.78, 5) is 0. The van der Waals surface area contributed by atoms with Gasteiger partial charge in [-0.25, -0.2) is 0 Å². The Bertz CT molecular complexity index is 597. The zero-order valence-electron chi connectivity index (χ0n) is 10.9. The molecule has 0 unspecified atom stereocenters. The molecule has 2 aromatic rings. The van der Waals surface area contributed by atoms with Crippen LogP contribution in [0.1, 0.15) is 12.8 Å². The molecule has 0 bridgehead atoms. The molecule has 1 fully saturated rings. The Morgan fingerprint density at radius 1 is 1.00 bits per heavy atom. The Morgan fingerprint density at radius 2 is 1.65 bits per heavy atom. The fourth-order valence-corrected chi connectivity index (χ4v) is 3.06. The Kier molecular flexibility index (Phi) is 5.39. The molecule has 0 aromatic heterocycles. The molecule has 2 aromatic carbocycles. The topological polar surface area (TPSA) is 21.3 Å². The minimum atomic E-state index is 0. The van der Waals surface area contributed by atoms with E-state index in [0.717, 1.165) is 42.5 Å². The summed E-state index contributed by atoms with van der Waals surface area (Å²) in [5, 5.41) is 6.55. The molecule has 20 heavy (non-hydrogen) atoms. The third-order valence-electron chi connectivity index (χ3n) is 3.47. The van der Waals surface area contributed by atoms with E-state index >= 15 is 0 Å². The van der Waals surface area contributed by atoms with Crippen LogP contribution < -0.4 is 10.1 Å². The second kappa shape index (κ2) is 6.86. The molecule has 5 heteroatoms. The van der Waals surface area contributed by atoms with E-state index < -0.39 is 0 Å². The molecule has 0 saturated carbocycles. The summed E-state index contributed by atoms with van der Waals surface area (Å²) >= 11 is 12.5. The van der Waals surface area contributed by atoms with Gasteiger partial charge in [0.25, 0.3) is 0 Å². The number of halogens is 3. The Labute approximate surface area is 134 Å². The third-order valence-corrected chi connectivity index (χ3v) is 4.06. The highest BCUT2D eigenvalue weighted by molar-refractivity contribution is 6.39. The van der Waals surface area contributed by atoms with Gasteiger partial charge in [-0.05, 0) is 32.0 Å². The third kappa shape index (κ3) is 3.15. The summed E-state index contributed by atoms with van der Waals surface area (Å²) in [5.74, 6) is 0.758. The predicted octanol–water partition coefficient (Wildman–Crippen LogP) is 4.70. The van der Waals surface area contributed by atoms with Crippen LogP contribution in [-0.2, 0) is 0 Å². The summed E-state index contributed by atoms with van der Waals surface area (Å²) in [6.45, 7) is 1.99. The van der Waals surface area contributed by atoms with Crippen molar-refractivity contribution in [3.8, 4) is 5.75 Å². The van der Waals surface area contributed by atoms with Gasteiger partial charge < -0.3 is 10.1 Å². The van der Waals surface area contributed by atoms with Gasteiger partial charge in [-0.3, -0.25) is 0 Å². The molecule has 0 amide bonds. The number of benzene rings is 2. The number of hydrogen-bond acceptors (Lipinski definition) is 2. The minimum absolute atomic E-state index is 0. The van der Waals surface area contributed by atoms with Crippen LogP contribution in [-0.4, -0.2) is 19.2 Å². The lowest BCUT2D eigenvalue weighted by Gasteiger charge is -2.25. The standard InChI is InChI=1S/C15H15Cl2NO.ClH/c16-13-9-14(17)15(12-4-2-1-3-11(12)13)19-10-5-7-18-8-6-10;/h1-4,9-10,18H,5-8H2;1H. The van der Waals surface area contributed by atoms with Gasteiger partial charge in [-0.1, -0.05) is 47.5 Å². The molecule has 1 heterocycles. The number of rotatable bonds is 2. The zero-order chi connectivity index (χ0) is 13.2. The van der Waals surface area contributed by atoms with Crippen LogP contribution in [0.3, 0.4) is 0 Å². The van der Waals surface area contributed by atoms with Crippen molar-refractivity contribution in [2.24, 2.45) is 0 Å². The summed E-state index contributed by atoms with van der Waals surface area (Å²) in [6.07, 6.45) is 2.24. The number of fused-ring (bicyclic) bond motifs is 1. The molecule has 0 atom stereocenters. The molecule has 0 aliphatic carbocycles. The van der Waals surface area contributed by atoms with Gasteiger partial charge in [-0.15, -0.1) is 12.4 Å². The molecule has 1 saturated heterocycles. The number of ether oxygens (including phenoxy) is 1. The van der Waals surface area contributed by atoms with Crippen molar-refractivity contribution in [1.29, 1.82) is 0 Å². The average molecular weight is 333 g/mol. The highest BCUT2D eigenvalue weighted by Gasteiger charge is 2.18. The molecule has 0 radical (unpaired) electrons. The van der Waals surface area contributed by atoms with Gasteiger partial charge in [0.2, 0.25) is 0 Å². The highest BCUT2D eigenvalue weighted by Crippen LogP contribution is 2.39. The number of hydrogen-bond donors (Lipinski definition) is 1. The molecule has 3 rings (SSSR count). The fourth-order valence-electron chi connectivity index (χ4n) is 2.47. The summed E-state index contributed by atoms with van der Waals surface area (Å²) < 4.78 is 6.12. The van der Waals surface area contributed by atoms with E-state index in [9.17, 15) is 0 Å². The molecule has 108 valence electrons. The molecule has 0 spiro atoms. The first-order chi connectivity index (χ1) is 9.25. The van der Waals surface area contributed by atoms with Gasteiger partial charge in [0, 0.05) is 10.8 Å². The highest BCUT2D eigenvalue weighted by atomic mass is 35.5. The summed E-state index contributed by atoms with van der Waals surface area (Å²) in [7, 11) is 0. The van der Waals surface area contributed by atoms with E-state index in [1.807, 2.05) is 24.3 Å². The van der Waals surface area contributed by atoms with Crippen molar-refractivity contribution in [1.82, 2.24) is 5.32 Å². The lowest BCUT2D eigenvalue weighted by Crippen LogP contribution is -2.34. The lowest BCUT2D eigenvalue weighted by molar-refractivity contribution is 0.165. The van der Waals surface area contributed by atoms with Gasteiger partial charge in [0.15, 0.2) is 0 Å². The maximum atomic E-state index is 6.30. The second-order valence-electron chi connectivity index (χ2n) is 4.78. The van der Waals surface area contributed by atoms with Crippen molar-refractivity contribution in [3.05, 3.63) is 40.4 Å². The van der Waals surface area contributed by atoms with Crippen LogP contribution in [0, 0.1) is 0 Å². The number of nitrogens with one attached hydrogen (secondary N) is 1. The SMILES string of the molecule is Cl.Clc1cc(Cl)c2ccccc2c1OC1CCNCC1. The zero-order valence-corrected chi connectivity index (χ0v) is 13.2. The number of piperidine rings is 1. The molecule has 1 aliphatic rings. The molecule has 1 N–H and O–H groups in total. The van der Waals surface area contributed by atoms with Gasteiger partial charge in [-0.2, -0.15) is 0 Å². The van der Waals surface area contributed by atoms with Crippen molar-refractivity contribution in [2.75, 3.05) is 13.1 Å². The van der Waals surface area contributed by atoms with Crippen molar-refractivity contribution in [2.45, 2.75) is 18.9 Å². The van der Waals surface area contributed by atoms with Crippen LogP contribution in [0.15, 0.2) is 30.3 Å². The lowest BCUT2D eigenvalue weighted by atomic mass is 10.1. The first kappa shape index (κ1) is 15.7. The molecule has 1 aliphatic heterocycles. The van der Waals surface area contributed by atoms with E-state index in [2.05, 4.69) is 5.32 Å². The van der Waals surface area contributed by atoms with E-state index in [-0.39, 0.29) is 18.5 Å². The minimum Gasteiger partial charge on any atom is -0.488 e. The maximum Gasteiger partial charge on any atom is 0.146 e.